The van der Waals surface area contributed by atoms with Crippen molar-refractivity contribution >= 4 is 24.3 Å². The van der Waals surface area contributed by atoms with Gasteiger partial charge in [-0.25, -0.2) is 0 Å². The van der Waals surface area contributed by atoms with E-state index in [4.69, 9.17) is 11.1 Å². The van der Waals surface area contributed by atoms with E-state index < -0.39 is 0 Å². The number of unbranched alkanes of at least 4 members (excludes halogenated alkanes) is 3. The quantitative estimate of drug-likeness (QED) is 0.326. The molecule has 0 aromatic heterocycles. The minimum atomic E-state index is -0.0911. The second-order valence-electron chi connectivity index (χ2n) is 3.10. The lowest BCUT2D eigenvalue weighted by Crippen LogP contribution is -2.44. The summed E-state index contributed by atoms with van der Waals surface area (Å²) in [5, 5.41) is 12.7. The molecule has 6 heteroatoms. The van der Waals surface area contributed by atoms with E-state index in [1.54, 1.807) is 7.05 Å². The van der Waals surface area contributed by atoms with Crippen LogP contribution >= 0.6 is 12.4 Å². The summed E-state index contributed by atoms with van der Waals surface area (Å²) >= 11 is 0. The maximum absolute atomic E-state index is 7.02. The molecule has 90 valence electrons. The number of hydrogen-bond donors (Lipinski definition) is 4. The third kappa shape index (κ3) is 11.0. The molecule has 0 aromatic carbocycles. The normalized spacial score (nSPS) is 10.4. The fourth-order valence-corrected chi connectivity index (χ4v) is 1.07. The molecule has 0 aliphatic heterocycles. The van der Waals surface area contributed by atoms with E-state index in [2.05, 4.69) is 22.5 Å². The summed E-state index contributed by atoms with van der Waals surface area (Å²) in [6, 6.07) is 0. The fraction of sp³-hybridized carbons (Fsp3) is 0.778. The molecule has 5 N–H and O–H groups in total. The van der Waals surface area contributed by atoms with Crippen molar-refractivity contribution in [1.29, 1.82) is 5.41 Å². The zero-order chi connectivity index (χ0) is 10.8. The largest absolute Gasteiger partial charge is 0.370 e. The van der Waals surface area contributed by atoms with Crippen LogP contribution in [0.25, 0.3) is 0 Å². The molecule has 0 saturated carbocycles. The minimum absolute atomic E-state index is 0. The molecule has 0 aromatic rings. The maximum atomic E-state index is 7.02. The van der Waals surface area contributed by atoms with Gasteiger partial charge in [-0.1, -0.05) is 26.2 Å². The van der Waals surface area contributed by atoms with E-state index in [1.165, 1.54) is 19.3 Å². The summed E-state index contributed by atoms with van der Waals surface area (Å²) in [4.78, 5) is 3.92. The Morgan fingerprint density at radius 2 is 2.00 bits per heavy atom. The second kappa shape index (κ2) is 11.1. The predicted octanol–water partition coefficient (Wildman–Crippen LogP) is 1.05. The van der Waals surface area contributed by atoms with Crippen molar-refractivity contribution in [2.75, 3.05) is 13.6 Å². The SMILES string of the molecule is CCCCCCNC(=NC)NC(=N)N.Cl. The van der Waals surface area contributed by atoms with Gasteiger partial charge in [0.2, 0.25) is 0 Å². The number of nitrogens with one attached hydrogen (secondary N) is 3. The molecule has 0 heterocycles. The highest BCUT2D eigenvalue weighted by atomic mass is 35.5. The van der Waals surface area contributed by atoms with Crippen LogP contribution in [0.3, 0.4) is 0 Å². The fourth-order valence-electron chi connectivity index (χ4n) is 1.07. The molecular weight excluding hydrogens is 214 g/mol. The maximum Gasteiger partial charge on any atom is 0.197 e. The van der Waals surface area contributed by atoms with Gasteiger partial charge >= 0.3 is 0 Å². The van der Waals surface area contributed by atoms with Crippen LogP contribution in [-0.4, -0.2) is 25.5 Å². The smallest absolute Gasteiger partial charge is 0.197 e. The number of hydrogen-bond acceptors (Lipinski definition) is 2. The molecule has 15 heavy (non-hydrogen) atoms. The Hall–Kier alpha value is -0.970. The number of nitrogens with zero attached hydrogens (tertiary/aromatic N) is 1. The molecular formula is C9H22ClN5. The summed E-state index contributed by atoms with van der Waals surface area (Å²) in [5.74, 6) is 0.473. The topological polar surface area (TPSA) is 86.3 Å². The zero-order valence-electron chi connectivity index (χ0n) is 9.47. The molecule has 0 spiro atoms. The van der Waals surface area contributed by atoms with Gasteiger partial charge in [-0.15, -0.1) is 12.4 Å². The summed E-state index contributed by atoms with van der Waals surface area (Å²) in [6.07, 6.45) is 4.84. The number of nitrogens with two attached hydrogens (primary N) is 1. The van der Waals surface area contributed by atoms with Gasteiger partial charge in [-0.05, 0) is 6.42 Å². The average molecular weight is 236 g/mol. The van der Waals surface area contributed by atoms with Crippen molar-refractivity contribution < 1.29 is 0 Å². The molecule has 0 atom stereocenters. The third-order valence-electron chi connectivity index (χ3n) is 1.80. The Morgan fingerprint density at radius 1 is 1.33 bits per heavy atom. The number of halogens is 1. The van der Waals surface area contributed by atoms with Crippen molar-refractivity contribution in [3.8, 4) is 0 Å². The molecule has 5 nitrogen and oxygen atoms in total. The van der Waals surface area contributed by atoms with Crippen LogP contribution in [0.15, 0.2) is 4.99 Å². The van der Waals surface area contributed by atoms with E-state index in [0.717, 1.165) is 13.0 Å². The number of rotatable bonds is 5. The Morgan fingerprint density at radius 3 is 2.47 bits per heavy atom. The van der Waals surface area contributed by atoms with E-state index in [-0.39, 0.29) is 18.4 Å². The monoisotopic (exact) mass is 235 g/mol. The lowest BCUT2D eigenvalue weighted by atomic mass is 10.2. The first-order valence-electron chi connectivity index (χ1n) is 5.02. The van der Waals surface area contributed by atoms with Gasteiger partial charge in [0.1, 0.15) is 0 Å². The van der Waals surface area contributed by atoms with Crippen molar-refractivity contribution in [2.45, 2.75) is 32.6 Å². The van der Waals surface area contributed by atoms with Crippen LogP contribution in [0.5, 0.6) is 0 Å². The molecule has 0 rings (SSSR count). The molecule has 0 fully saturated rings. The van der Waals surface area contributed by atoms with Gasteiger partial charge in [-0.2, -0.15) is 0 Å². The first-order valence-corrected chi connectivity index (χ1v) is 5.02. The Bertz CT molecular complexity index is 193. The van der Waals surface area contributed by atoms with Crippen LogP contribution in [0.4, 0.5) is 0 Å². The molecule has 0 unspecified atom stereocenters. The Balaban J connectivity index is 0. The molecule has 0 aliphatic carbocycles. The molecule has 0 aliphatic rings. The number of aliphatic imine (C=N–C) groups is 1. The molecule has 0 saturated heterocycles. The zero-order valence-corrected chi connectivity index (χ0v) is 10.3. The van der Waals surface area contributed by atoms with Gasteiger partial charge < -0.3 is 11.1 Å². The minimum Gasteiger partial charge on any atom is -0.370 e. The van der Waals surface area contributed by atoms with E-state index in [0.29, 0.717) is 5.96 Å². The standard InChI is InChI=1S/C9H21N5.ClH/c1-3-4-5-6-7-13-9(12-2)14-8(10)11;/h3-7H2,1-2H3,(H5,10,11,12,13,14);1H. The van der Waals surface area contributed by atoms with Gasteiger partial charge in [-0.3, -0.25) is 15.7 Å². The van der Waals surface area contributed by atoms with Crippen molar-refractivity contribution in [2.24, 2.45) is 10.7 Å². The van der Waals surface area contributed by atoms with Crippen LogP contribution in [0.2, 0.25) is 0 Å². The summed E-state index contributed by atoms with van der Waals surface area (Å²) in [7, 11) is 1.66. The van der Waals surface area contributed by atoms with Crippen LogP contribution in [-0.2, 0) is 0 Å². The van der Waals surface area contributed by atoms with Crippen molar-refractivity contribution in [3.63, 3.8) is 0 Å². The molecule has 0 bridgehead atoms. The second-order valence-corrected chi connectivity index (χ2v) is 3.10. The van der Waals surface area contributed by atoms with E-state index in [9.17, 15) is 0 Å². The lowest BCUT2D eigenvalue weighted by Gasteiger charge is -2.09. The van der Waals surface area contributed by atoms with Gasteiger partial charge in [0.25, 0.3) is 0 Å². The highest BCUT2D eigenvalue weighted by Gasteiger charge is 1.96. The summed E-state index contributed by atoms with van der Waals surface area (Å²) in [6.45, 7) is 3.05. The van der Waals surface area contributed by atoms with Crippen molar-refractivity contribution in [3.05, 3.63) is 0 Å². The molecule has 0 radical (unpaired) electrons. The van der Waals surface area contributed by atoms with Crippen LogP contribution < -0.4 is 16.4 Å². The first-order chi connectivity index (χ1) is 6.70. The summed E-state index contributed by atoms with van der Waals surface area (Å²) in [5.41, 5.74) is 5.17. The predicted molar refractivity (Wildman–Crippen MR) is 67.8 cm³/mol. The highest BCUT2D eigenvalue weighted by molar-refractivity contribution is 5.96. The summed E-state index contributed by atoms with van der Waals surface area (Å²) < 4.78 is 0. The van der Waals surface area contributed by atoms with E-state index in [1.807, 2.05) is 0 Å². The Labute approximate surface area is 97.8 Å². The van der Waals surface area contributed by atoms with Gasteiger partial charge in [0, 0.05) is 13.6 Å². The van der Waals surface area contributed by atoms with Gasteiger partial charge in [0.05, 0.1) is 0 Å². The lowest BCUT2D eigenvalue weighted by molar-refractivity contribution is 0.651. The average Bonchev–Trinajstić information content (AvgIpc) is 2.15. The van der Waals surface area contributed by atoms with Crippen LogP contribution in [0, 0.1) is 5.41 Å². The Kier molecular flexibility index (Phi) is 12.2. The first kappa shape index (κ1) is 16.5. The molecule has 0 amide bonds. The van der Waals surface area contributed by atoms with Gasteiger partial charge in [0.15, 0.2) is 11.9 Å². The third-order valence-corrected chi connectivity index (χ3v) is 1.80. The highest BCUT2D eigenvalue weighted by Crippen LogP contribution is 1.96. The van der Waals surface area contributed by atoms with E-state index >= 15 is 0 Å². The number of guanidine groups is 2. The van der Waals surface area contributed by atoms with Crippen LogP contribution in [0.1, 0.15) is 32.6 Å². The van der Waals surface area contributed by atoms with Crippen molar-refractivity contribution in [1.82, 2.24) is 10.6 Å².